The molecule has 8 nitrogen and oxygen atoms in total. The molecular formula is C17H15ClN4O4. The molecule has 2 amide bonds. The highest BCUT2D eigenvalue weighted by molar-refractivity contribution is 6.32. The number of hydrazone groups is 1. The zero-order chi connectivity index (χ0) is 18.9. The van der Waals surface area contributed by atoms with Crippen LogP contribution >= 0.6 is 11.6 Å². The smallest absolute Gasteiger partial charge is 0.288 e. The number of nitrogens with zero attached hydrogens (tertiary/aromatic N) is 2. The quantitative estimate of drug-likeness (QED) is 0.440. The molecule has 26 heavy (non-hydrogen) atoms. The summed E-state index contributed by atoms with van der Waals surface area (Å²) in [6.45, 7) is 0. The molecule has 9 heteroatoms. The van der Waals surface area contributed by atoms with E-state index in [4.69, 9.17) is 11.6 Å². The number of halogens is 1. The molecule has 2 N–H and O–H groups in total. The zero-order valence-electron chi connectivity index (χ0n) is 13.5. The van der Waals surface area contributed by atoms with Gasteiger partial charge in [0, 0.05) is 30.2 Å². The van der Waals surface area contributed by atoms with Gasteiger partial charge in [-0.3, -0.25) is 19.7 Å². The van der Waals surface area contributed by atoms with Crippen LogP contribution in [0.25, 0.3) is 0 Å². The highest BCUT2D eigenvalue weighted by Crippen LogP contribution is 2.24. The van der Waals surface area contributed by atoms with Crippen molar-refractivity contribution in [1.82, 2.24) is 5.43 Å². The Balaban J connectivity index is 1.79. The average Bonchev–Trinajstić information content (AvgIpc) is 2.62. The van der Waals surface area contributed by atoms with Crippen molar-refractivity contribution in [2.75, 3.05) is 5.32 Å². The number of rotatable bonds is 7. The summed E-state index contributed by atoms with van der Waals surface area (Å²) < 4.78 is 0. The number of anilines is 1. The number of amides is 2. The molecule has 0 saturated carbocycles. The molecule has 0 radical (unpaired) electrons. The van der Waals surface area contributed by atoms with Gasteiger partial charge in [0.15, 0.2) is 0 Å². The Hall–Kier alpha value is -3.26. The van der Waals surface area contributed by atoms with Gasteiger partial charge in [-0.2, -0.15) is 5.10 Å². The first kappa shape index (κ1) is 19.1. The third kappa shape index (κ3) is 5.99. The molecule has 2 aromatic rings. The zero-order valence-corrected chi connectivity index (χ0v) is 14.3. The first-order valence-electron chi connectivity index (χ1n) is 7.56. The van der Waals surface area contributed by atoms with Gasteiger partial charge in [0.1, 0.15) is 5.02 Å². The van der Waals surface area contributed by atoms with Gasteiger partial charge >= 0.3 is 0 Å². The first-order chi connectivity index (χ1) is 12.5. The molecule has 0 bridgehead atoms. The lowest BCUT2D eigenvalue weighted by Gasteiger charge is -2.04. The fourth-order valence-corrected chi connectivity index (χ4v) is 2.14. The largest absolute Gasteiger partial charge is 0.326 e. The van der Waals surface area contributed by atoms with Gasteiger partial charge < -0.3 is 5.32 Å². The van der Waals surface area contributed by atoms with Crippen LogP contribution in [0.5, 0.6) is 0 Å². The molecule has 134 valence electrons. The van der Waals surface area contributed by atoms with E-state index in [1.54, 1.807) is 24.3 Å². The van der Waals surface area contributed by atoms with Crippen LogP contribution in [0, 0.1) is 10.1 Å². The second-order valence-corrected chi connectivity index (χ2v) is 5.58. The molecule has 2 rings (SSSR count). The summed E-state index contributed by atoms with van der Waals surface area (Å²) in [6.07, 6.45) is 1.21. The van der Waals surface area contributed by atoms with E-state index in [0.717, 1.165) is 0 Å². The molecule has 0 aromatic heterocycles. The maximum atomic E-state index is 11.7. The van der Waals surface area contributed by atoms with Crippen molar-refractivity contribution in [1.29, 1.82) is 0 Å². The van der Waals surface area contributed by atoms with Gasteiger partial charge in [-0.1, -0.05) is 35.9 Å². The van der Waals surface area contributed by atoms with E-state index in [1.165, 1.54) is 24.4 Å². The van der Waals surface area contributed by atoms with E-state index in [2.05, 4.69) is 15.8 Å². The highest BCUT2D eigenvalue weighted by atomic mass is 35.5. The van der Waals surface area contributed by atoms with Crippen LogP contribution in [0.4, 0.5) is 11.4 Å². The molecule has 0 spiro atoms. The lowest BCUT2D eigenvalue weighted by molar-refractivity contribution is -0.384. The summed E-state index contributed by atoms with van der Waals surface area (Å²) in [6, 6.07) is 13.0. The molecule has 0 aliphatic carbocycles. The maximum Gasteiger partial charge on any atom is 0.288 e. The lowest BCUT2D eigenvalue weighted by Crippen LogP contribution is -2.20. The van der Waals surface area contributed by atoms with E-state index in [-0.39, 0.29) is 29.5 Å². The Morgan fingerprint density at radius 2 is 1.81 bits per heavy atom. The van der Waals surface area contributed by atoms with Crippen molar-refractivity contribution in [3.63, 3.8) is 0 Å². The van der Waals surface area contributed by atoms with E-state index in [0.29, 0.717) is 11.3 Å². The number of nitrogens with one attached hydrogen (secondary N) is 2. The second kappa shape index (κ2) is 9.28. The Kier molecular flexibility index (Phi) is 6.81. The van der Waals surface area contributed by atoms with E-state index in [1.807, 2.05) is 6.07 Å². The molecule has 0 saturated heterocycles. The topological polar surface area (TPSA) is 114 Å². The van der Waals surface area contributed by atoms with Gasteiger partial charge in [-0.25, -0.2) is 5.43 Å². The van der Waals surface area contributed by atoms with Crippen molar-refractivity contribution in [3.05, 3.63) is 69.2 Å². The van der Waals surface area contributed by atoms with Crippen LogP contribution in [0.2, 0.25) is 5.02 Å². The minimum absolute atomic E-state index is 0.00264. The van der Waals surface area contributed by atoms with Crippen molar-refractivity contribution < 1.29 is 14.5 Å². The standard InChI is InChI=1S/C17H15ClN4O4/c18-14-7-6-12(10-15(14)22(25)26)11-19-21-17(24)9-8-16(23)20-13-4-2-1-3-5-13/h1-7,10-11H,8-9H2,(H,20,23)(H,21,24)/b19-11-. The SMILES string of the molecule is O=C(CCC(=O)Nc1ccccc1)N/N=C\c1ccc(Cl)c([N+](=O)[O-])c1. The van der Waals surface area contributed by atoms with Gasteiger partial charge in [0.2, 0.25) is 11.8 Å². The summed E-state index contributed by atoms with van der Waals surface area (Å²) in [5.41, 5.74) is 3.07. The summed E-state index contributed by atoms with van der Waals surface area (Å²) >= 11 is 5.71. The number of benzene rings is 2. The molecule has 0 heterocycles. The predicted octanol–water partition coefficient (Wildman–Crippen LogP) is 3.12. The number of hydrogen-bond acceptors (Lipinski definition) is 5. The fraction of sp³-hybridized carbons (Fsp3) is 0.118. The van der Waals surface area contributed by atoms with Crippen LogP contribution in [0.15, 0.2) is 53.6 Å². The van der Waals surface area contributed by atoms with Crippen molar-refractivity contribution in [2.24, 2.45) is 5.10 Å². The third-order valence-electron chi connectivity index (χ3n) is 3.21. The summed E-state index contributed by atoms with van der Waals surface area (Å²) in [5, 5.41) is 17.2. The lowest BCUT2D eigenvalue weighted by atomic mass is 10.2. The minimum Gasteiger partial charge on any atom is -0.326 e. The van der Waals surface area contributed by atoms with Gasteiger partial charge in [0.25, 0.3) is 5.69 Å². The van der Waals surface area contributed by atoms with Crippen LogP contribution < -0.4 is 10.7 Å². The normalized spacial score (nSPS) is 10.5. The number of nitro groups is 1. The van der Waals surface area contributed by atoms with Crippen LogP contribution in [-0.4, -0.2) is 23.0 Å². The molecule has 0 unspecified atom stereocenters. The Morgan fingerprint density at radius 3 is 2.50 bits per heavy atom. The Bertz CT molecular complexity index is 840. The Morgan fingerprint density at radius 1 is 1.12 bits per heavy atom. The third-order valence-corrected chi connectivity index (χ3v) is 3.53. The number of nitro benzene ring substituents is 1. The number of carbonyl (C=O) groups is 2. The molecule has 0 fully saturated rings. The highest BCUT2D eigenvalue weighted by Gasteiger charge is 2.12. The summed E-state index contributed by atoms with van der Waals surface area (Å²) in [5.74, 6) is -0.739. The van der Waals surface area contributed by atoms with E-state index >= 15 is 0 Å². The number of para-hydroxylation sites is 1. The molecule has 0 aliphatic rings. The van der Waals surface area contributed by atoms with Crippen molar-refractivity contribution >= 4 is 41.0 Å². The summed E-state index contributed by atoms with van der Waals surface area (Å²) in [7, 11) is 0. The molecule has 0 atom stereocenters. The van der Waals surface area contributed by atoms with Gasteiger partial charge in [-0.15, -0.1) is 0 Å². The average molecular weight is 375 g/mol. The van der Waals surface area contributed by atoms with Crippen LogP contribution in [0.3, 0.4) is 0 Å². The van der Waals surface area contributed by atoms with E-state index < -0.39 is 10.8 Å². The molecular weight excluding hydrogens is 360 g/mol. The number of carbonyl (C=O) groups excluding carboxylic acids is 2. The van der Waals surface area contributed by atoms with Crippen LogP contribution in [-0.2, 0) is 9.59 Å². The fourth-order valence-electron chi connectivity index (χ4n) is 1.96. The van der Waals surface area contributed by atoms with Crippen molar-refractivity contribution in [3.8, 4) is 0 Å². The minimum atomic E-state index is -0.608. The molecule has 2 aromatic carbocycles. The van der Waals surface area contributed by atoms with Crippen LogP contribution in [0.1, 0.15) is 18.4 Å². The monoisotopic (exact) mass is 374 g/mol. The summed E-state index contributed by atoms with van der Waals surface area (Å²) in [4.78, 5) is 33.6. The predicted molar refractivity (Wildman–Crippen MR) is 98.1 cm³/mol. The molecule has 0 aliphatic heterocycles. The number of hydrogen-bond donors (Lipinski definition) is 2. The second-order valence-electron chi connectivity index (χ2n) is 5.18. The van der Waals surface area contributed by atoms with E-state index in [9.17, 15) is 19.7 Å². The van der Waals surface area contributed by atoms with Crippen molar-refractivity contribution in [2.45, 2.75) is 12.8 Å². The van der Waals surface area contributed by atoms with Gasteiger partial charge in [0.05, 0.1) is 11.1 Å². The maximum absolute atomic E-state index is 11.7. The van der Waals surface area contributed by atoms with Gasteiger partial charge in [-0.05, 0) is 18.2 Å². The first-order valence-corrected chi connectivity index (χ1v) is 7.94. The Labute approximate surface area is 154 Å².